The number of aromatic nitrogens is 3. The summed E-state index contributed by atoms with van der Waals surface area (Å²) in [6.07, 6.45) is 5.09. The van der Waals surface area contributed by atoms with Crippen LogP contribution >= 0.6 is 11.3 Å². The van der Waals surface area contributed by atoms with Crippen LogP contribution in [0.15, 0.2) is 29.1 Å². The molecule has 0 aromatic carbocycles. The molecular weight excluding hydrogens is 214 g/mol. The Hall–Kier alpha value is -1.89. The van der Waals surface area contributed by atoms with Gasteiger partial charge in [-0.15, -0.1) is 11.3 Å². The maximum absolute atomic E-state index is 8.55. The Morgan fingerprint density at radius 3 is 3.07 bits per heavy atom. The third-order valence-electron chi connectivity index (χ3n) is 1.84. The van der Waals surface area contributed by atoms with E-state index >= 15 is 0 Å². The van der Waals surface area contributed by atoms with Gasteiger partial charge >= 0.3 is 0 Å². The lowest BCUT2D eigenvalue weighted by Crippen LogP contribution is -2.19. The first-order valence-electron chi connectivity index (χ1n) is 4.18. The van der Waals surface area contributed by atoms with Crippen LogP contribution in [0.1, 0.15) is 10.8 Å². The van der Waals surface area contributed by atoms with E-state index < -0.39 is 0 Å². The number of nitrogens with zero attached hydrogens (tertiary/aromatic N) is 4. The normalized spacial score (nSPS) is 11.9. The molecule has 78 valence electrons. The molecule has 0 bridgehead atoms. The van der Waals surface area contributed by atoms with Crippen LogP contribution in [0.2, 0.25) is 0 Å². The summed E-state index contributed by atoms with van der Waals surface area (Å²) in [4.78, 5) is 8.14. The predicted octanol–water partition coefficient (Wildman–Crippen LogP) is 0.482. The van der Waals surface area contributed by atoms with E-state index in [-0.39, 0.29) is 5.84 Å². The van der Waals surface area contributed by atoms with E-state index in [0.717, 1.165) is 5.01 Å². The van der Waals surface area contributed by atoms with Crippen molar-refractivity contribution in [3.8, 4) is 0 Å². The third-order valence-corrected chi connectivity index (χ3v) is 2.61. The molecule has 0 aliphatic carbocycles. The fraction of sp³-hybridized carbons (Fsp3) is 0.125. The van der Waals surface area contributed by atoms with Gasteiger partial charge in [-0.3, -0.25) is 0 Å². The van der Waals surface area contributed by atoms with E-state index in [9.17, 15) is 0 Å². The van der Waals surface area contributed by atoms with Gasteiger partial charge in [-0.1, -0.05) is 5.16 Å². The molecule has 0 atom stereocenters. The molecule has 2 aromatic rings. The van der Waals surface area contributed by atoms with Gasteiger partial charge in [-0.05, 0) is 0 Å². The van der Waals surface area contributed by atoms with E-state index in [0.29, 0.717) is 12.4 Å². The van der Waals surface area contributed by atoms with Crippen LogP contribution in [0.4, 0.5) is 0 Å². The second kappa shape index (κ2) is 4.09. The second-order valence-corrected chi connectivity index (χ2v) is 3.77. The monoisotopic (exact) mass is 223 g/mol. The zero-order valence-electron chi connectivity index (χ0n) is 7.74. The maximum Gasteiger partial charge on any atom is 0.206 e. The van der Waals surface area contributed by atoms with Crippen LogP contribution < -0.4 is 5.73 Å². The molecule has 6 nitrogen and oxygen atoms in total. The highest BCUT2D eigenvalue weighted by atomic mass is 32.1. The molecule has 0 radical (unpaired) electrons. The maximum atomic E-state index is 8.55. The van der Waals surface area contributed by atoms with Crippen molar-refractivity contribution in [1.82, 2.24) is 14.5 Å². The summed E-state index contributed by atoms with van der Waals surface area (Å²) in [6, 6.07) is 0. The van der Waals surface area contributed by atoms with Gasteiger partial charge in [0.05, 0.1) is 6.54 Å². The van der Waals surface area contributed by atoms with Crippen molar-refractivity contribution in [2.24, 2.45) is 10.9 Å². The van der Waals surface area contributed by atoms with Gasteiger partial charge in [0, 0.05) is 24.0 Å². The molecule has 0 unspecified atom stereocenters. The van der Waals surface area contributed by atoms with Crippen molar-refractivity contribution in [2.45, 2.75) is 6.54 Å². The van der Waals surface area contributed by atoms with Crippen LogP contribution in [0, 0.1) is 0 Å². The van der Waals surface area contributed by atoms with Gasteiger partial charge in [0.15, 0.2) is 5.82 Å². The zero-order chi connectivity index (χ0) is 10.7. The molecule has 15 heavy (non-hydrogen) atoms. The number of nitrogens with two attached hydrogens (primary N) is 1. The Labute approximate surface area is 89.7 Å². The first-order valence-corrected chi connectivity index (χ1v) is 5.06. The highest BCUT2D eigenvalue weighted by molar-refractivity contribution is 7.09. The third kappa shape index (κ3) is 1.96. The topological polar surface area (TPSA) is 89.3 Å². The van der Waals surface area contributed by atoms with E-state index in [1.165, 1.54) is 0 Å². The largest absolute Gasteiger partial charge is 0.409 e. The average molecular weight is 223 g/mol. The van der Waals surface area contributed by atoms with Gasteiger partial charge < -0.3 is 15.5 Å². The number of oxime groups is 1. The highest BCUT2D eigenvalue weighted by Crippen LogP contribution is 2.08. The van der Waals surface area contributed by atoms with Crippen LogP contribution in [0.3, 0.4) is 0 Å². The van der Waals surface area contributed by atoms with Gasteiger partial charge in [-0.2, -0.15) is 0 Å². The molecule has 0 amide bonds. The smallest absolute Gasteiger partial charge is 0.206 e. The summed E-state index contributed by atoms with van der Waals surface area (Å²) in [5, 5.41) is 14.3. The minimum absolute atomic E-state index is 0.00319. The molecule has 0 saturated heterocycles. The lowest BCUT2D eigenvalue weighted by atomic mass is 10.5. The number of rotatable bonds is 3. The van der Waals surface area contributed by atoms with Gasteiger partial charge in [0.2, 0.25) is 5.84 Å². The Kier molecular flexibility index (Phi) is 2.64. The van der Waals surface area contributed by atoms with Crippen LogP contribution in [-0.2, 0) is 6.54 Å². The fourth-order valence-corrected chi connectivity index (χ4v) is 1.81. The lowest BCUT2D eigenvalue weighted by Gasteiger charge is -2.03. The van der Waals surface area contributed by atoms with Crippen LogP contribution in [0.5, 0.6) is 0 Å². The number of hydrogen-bond donors (Lipinski definition) is 2. The SMILES string of the molecule is NC(=NO)c1nccn1Cc1nccs1. The van der Waals surface area contributed by atoms with E-state index in [1.54, 1.807) is 34.5 Å². The van der Waals surface area contributed by atoms with E-state index in [4.69, 9.17) is 10.9 Å². The lowest BCUT2D eigenvalue weighted by molar-refractivity contribution is 0.318. The number of imidazole rings is 1. The van der Waals surface area contributed by atoms with Gasteiger partial charge in [0.1, 0.15) is 5.01 Å². The van der Waals surface area contributed by atoms with Gasteiger partial charge in [-0.25, -0.2) is 9.97 Å². The van der Waals surface area contributed by atoms with Crippen LogP contribution in [-0.4, -0.2) is 25.6 Å². The molecular formula is C8H9N5OS. The minimum Gasteiger partial charge on any atom is -0.409 e. The molecule has 7 heteroatoms. The fourth-order valence-electron chi connectivity index (χ4n) is 1.19. The zero-order valence-corrected chi connectivity index (χ0v) is 8.55. The molecule has 0 aliphatic heterocycles. The number of hydrogen-bond acceptors (Lipinski definition) is 5. The summed E-state index contributed by atoms with van der Waals surface area (Å²) < 4.78 is 1.77. The summed E-state index contributed by atoms with van der Waals surface area (Å²) in [5.74, 6) is 0.434. The van der Waals surface area contributed by atoms with Crippen molar-refractivity contribution in [3.63, 3.8) is 0 Å². The van der Waals surface area contributed by atoms with Gasteiger partial charge in [0.25, 0.3) is 0 Å². The standard InChI is InChI=1S/C8H9N5OS/c9-7(12-14)8-11-1-3-13(8)5-6-10-2-4-15-6/h1-4,14H,5H2,(H2,9,12). The molecule has 0 fully saturated rings. The van der Waals surface area contributed by atoms with Crippen molar-refractivity contribution in [2.75, 3.05) is 0 Å². The number of amidine groups is 1. The highest BCUT2D eigenvalue weighted by Gasteiger charge is 2.08. The summed E-state index contributed by atoms with van der Waals surface area (Å²) in [5.41, 5.74) is 5.47. The summed E-state index contributed by atoms with van der Waals surface area (Å²) >= 11 is 1.55. The molecule has 3 N–H and O–H groups in total. The van der Waals surface area contributed by atoms with Crippen LogP contribution in [0.25, 0.3) is 0 Å². The predicted molar refractivity (Wildman–Crippen MR) is 56.0 cm³/mol. The molecule has 2 heterocycles. The Balaban J connectivity index is 2.26. The Morgan fingerprint density at radius 1 is 1.53 bits per heavy atom. The minimum atomic E-state index is -0.00319. The molecule has 0 spiro atoms. The number of thiazole rings is 1. The Morgan fingerprint density at radius 2 is 2.40 bits per heavy atom. The molecule has 0 saturated carbocycles. The molecule has 0 aliphatic rings. The van der Waals surface area contributed by atoms with Crippen molar-refractivity contribution >= 4 is 17.2 Å². The average Bonchev–Trinajstić information content (AvgIpc) is 2.88. The second-order valence-electron chi connectivity index (χ2n) is 2.79. The quantitative estimate of drug-likeness (QED) is 0.343. The summed E-state index contributed by atoms with van der Waals surface area (Å²) in [7, 11) is 0. The van der Waals surface area contributed by atoms with E-state index in [1.807, 2.05) is 5.38 Å². The van der Waals surface area contributed by atoms with Crippen molar-refractivity contribution in [1.29, 1.82) is 0 Å². The molecule has 2 aromatic heterocycles. The first kappa shape index (κ1) is 9.66. The first-order chi connectivity index (χ1) is 7.31. The summed E-state index contributed by atoms with van der Waals surface area (Å²) in [6.45, 7) is 0.573. The van der Waals surface area contributed by atoms with E-state index in [2.05, 4.69) is 15.1 Å². The molecule has 2 rings (SSSR count). The van der Waals surface area contributed by atoms with Crippen molar-refractivity contribution < 1.29 is 5.21 Å². The van der Waals surface area contributed by atoms with Crippen molar-refractivity contribution in [3.05, 3.63) is 34.8 Å². The Bertz CT molecular complexity index is 461.